The van der Waals surface area contributed by atoms with E-state index >= 15 is 0 Å². The van der Waals surface area contributed by atoms with Gasteiger partial charge in [0.15, 0.2) is 6.61 Å². The average Bonchev–Trinajstić information content (AvgIpc) is 2.62. The number of halogens is 2. The van der Waals surface area contributed by atoms with Crippen molar-refractivity contribution in [3.8, 4) is 0 Å². The van der Waals surface area contributed by atoms with Crippen molar-refractivity contribution < 1.29 is 28.0 Å². The molecule has 1 amide bonds. The van der Waals surface area contributed by atoms with Gasteiger partial charge in [0.2, 0.25) is 0 Å². The molecule has 8 nitrogen and oxygen atoms in total. The lowest BCUT2D eigenvalue weighted by Gasteiger charge is -2.08. The lowest BCUT2D eigenvalue weighted by molar-refractivity contribution is -0.384. The van der Waals surface area contributed by atoms with Crippen LogP contribution >= 0.6 is 0 Å². The largest absolute Gasteiger partial charge is 0.452 e. The normalized spacial score (nSPS) is 10.1. The molecule has 0 heterocycles. The van der Waals surface area contributed by atoms with Gasteiger partial charge in [-0.1, -0.05) is 0 Å². The zero-order chi connectivity index (χ0) is 19.3. The van der Waals surface area contributed by atoms with E-state index in [1.165, 1.54) is 19.2 Å². The zero-order valence-corrected chi connectivity index (χ0v) is 13.4. The van der Waals surface area contributed by atoms with Gasteiger partial charge < -0.3 is 15.4 Å². The number of anilines is 2. The van der Waals surface area contributed by atoms with Crippen molar-refractivity contribution in [1.29, 1.82) is 0 Å². The molecule has 0 unspecified atom stereocenters. The molecule has 2 N–H and O–H groups in total. The number of hydrogen-bond acceptors (Lipinski definition) is 6. The highest BCUT2D eigenvalue weighted by Gasteiger charge is 2.18. The molecule has 0 bridgehead atoms. The Balaban J connectivity index is 2.02. The molecule has 2 aromatic carbocycles. The monoisotopic (exact) mass is 365 g/mol. The maximum absolute atomic E-state index is 13.4. The Morgan fingerprint density at radius 1 is 1.15 bits per heavy atom. The summed E-state index contributed by atoms with van der Waals surface area (Å²) in [5.41, 5.74) is -0.681. The number of nitro benzene ring substituents is 1. The maximum atomic E-state index is 13.4. The van der Waals surface area contributed by atoms with Crippen molar-refractivity contribution in [2.24, 2.45) is 0 Å². The minimum absolute atomic E-state index is 0.138. The van der Waals surface area contributed by atoms with Gasteiger partial charge in [0, 0.05) is 19.2 Å². The Labute approximate surface area is 145 Å². The Morgan fingerprint density at radius 3 is 2.54 bits per heavy atom. The number of rotatable bonds is 6. The van der Waals surface area contributed by atoms with E-state index in [-0.39, 0.29) is 16.9 Å². The van der Waals surface area contributed by atoms with Gasteiger partial charge in [-0.2, -0.15) is 0 Å². The van der Waals surface area contributed by atoms with Gasteiger partial charge in [-0.25, -0.2) is 13.6 Å². The highest BCUT2D eigenvalue weighted by atomic mass is 19.1. The first-order chi connectivity index (χ1) is 12.3. The minimum Gasteiger partial charge on any atom is -0.452 e. The molecule has 0 aromatic heterocycles. The standard InChI is InChI=1S/C16H13F2N3O5/c1-19-12-5-2-9(6-14(12)21(24)25)16(23)26-8-15(22)20-13-7-10(17)3-4-11(13)18/h2-7,19H,8H2,1H3,(H,20,22). The molecule has 0 saturated carbocycles. The number of nitro groups is 1. The van der Waals surface area contributed by atoms with E-state index in [1.807, 2.05) is 0 Å². The summed E-state index contributed by atoms with van der Waals surface area (Å²) >= 11 is 0. The molecule has 0 fully saturated rings. The van der Waals surface area contributed by atoms with Crippen molar-refractivity contribution in [3.05, 3.63) is 63.7 Å². The first-order valence-corrected chi connectivity index (χ1v) is 7.20. The second kappa shape index (κ2) is 8.01. The minimum atomic E-state index is -0.981. The second-order valence-corrected chi connectivity index (χ2v) is 4.99. The first-order valence-electron chi connectivity index (χ1n) is 7.20. The van der Waals surface area contributed by atoms with Crippen LogP contribution in [0.15, 0.2) is 36.4 Å². The molecular weight excluding hydrogens is 352 g/mol. The van der Waals surface area contributed by atoms with Crippen LogP contribution in [0.25, 0.3) is 0 Å². The summed E-state index contributed by atoms with van der Waals surface area (Å²) in [5, 5.41) is 15.6. The molecule has 2 rings (SSSR count). The number of ether oxygens (including phenoxy) is 1. The summed E-state index contributed by atoms with van der Waals surface area (Å²) in [6, 6.07) is 6.08. The summed E-state index contributed by atoms with van der Waals surface area (Å²) in [6.07, 6.45) is 0. The fraction of sp³-hybridized carbons (Fsp3) is 0.125. The molecule has 26 heavy (non-hydrogen) atoms. The van der Waals surface area contributed by atoms with Crippen LogP contribution in [-0.2, 0) is 9.53 Å². The molecule has 0 atom stereocenters. The van der Waals surface area contributed by atoms with Crippen LogP contribution in [0.5, 0.6) is 0 Å². The number of benzene rings is 2. The highest BCUT2D eigenvalue weighted by Crippen LogP contribution is 2.25. The van der Waals surface area contributed by atoms with Gasteiger partial charge in [0.1, 0.15) is 17.3 Å². The highest BCUT2D eigenvalue weighted by molar-refractivity contribution is 5.96. The van der Waals surface area contributed by atoms with E-state index in [0.717, 1.165) is 24.3 Å². The van der Waals surface area contributed by atoms with E-state index in [1.54, 1.807) is 0 Å². The summed E-state index contributed by atoms with van der Waals surface area (Å²) in [6.45, 7) is -0.781. The molecule has 0 aliphatic heterocycles. The fourth-order valence-corrected chi connectivity index (χ4v) is 2.02. The molecule has 0 saturated heterocycles. The molecule has 0 radical (unpaired) electrons. The summed E-state index contributed by atoms with van der Waals surface area (Å²) in [5.74, 6) is -3.49. The van der Waals surface area contributed by atoms with Gasteiger partial charge in [0.05, 0.1) is 16.2 Å². The first kappa shape index (κ1) is 18.8. The lowest BCUT2D eigenvalue weighted by atomic mass is 10.1. The van der Waals surface area contributed by atoms with Gasteiger partial charge in [-0.3, -0.25) is 14.9 Å². The maximum Gasteiger partial charge on any atom is 0.338 e. The SMILES string of the molecule is CNc1ccc(C(=O)OCC(=O)Nc2cc(F)ccc2F)cc1[N+](=O)[O-]. The van der Waals surface area contributed by atoms with Gasteiger partial charge in [0.25, 0.3) is 11.6 Å². The van der Waals surface area contributed by atoms with Crippen LogP contribution in [0.4, 0.5) is 25.8 Å². The van der Waals surface area contributed by atoms with Crippen LogP contribution in [0.2, 0.25) is 0 Å². The van der Waals surface area contributed by atoms with Crippen molar-refractivity contribution >= 4 is 28.9 Å². The molecule has 0 aliphatic carbocycles. The van der Waals surface area contributed by atoms with Crippen LogP contribution in [0.3, 0.4) is 0 Å². The third-order valence-electron chi connectivity index (χ3n) is 3.24. The number of hydrogen-bond donors (Lipinski definition) is 2. The van der Waals surface area contributed by atoms with E-state index in [4.69, 9.17) is 4.74 Å². The van der Waals surface area contributed by atoms with Crippen LogP contribution in [0, 0.1) is 21.7 Å². The fourth-order valence-electron chi connectivity index (χ4n) is 2.02. The third kappa shape index (κ3) is 4.50. The summed E-state index contributed by atoms with van der Waals surface area (Å²) in [4.78, 5) is 33.9. The molecule has 0 aliphatic rings. The molecular formula is C16H13F2N3O5. The van der Waals surface area contributed by atoms with Crippen molar-refractivity contribution in [3.63, 3.8) is 0 Å². The van der Waals surface area contributed by atoms with Gasteiger partial charge >= 0.3 is 5.97 Å². The van der Waals surface area contributed by atoms with Crippen molar-refractivity contribution in [1.82, 2.24) is 0 Å². The smallest absolute Gasteiger partial charge is 0.338 e. The number of nitrogens with one attached hydrogen (secondary N) is 2. The number of nitrogens with zero attached hydrogens (tertiary/aromatic N) is 1. The van der Waals surface area contributed by atoms with Crippen LogP contribution < -0.4 is 10.6 Å². The predicted molar refractivity (Wildman–Crippen MR) is 87.9 cm³/mol. The third-order valence-corrected chi connectivity index (χ3v) is 3.24. The lowest BCUT2D eigenvalue weighted by Crippen LogP contribution is -2.21. The van der Waals surface area contributed by atoms with Crippen LogP contribution in [0.1, 0.15) is 10.4 Å². The predicted octanol–water partition coefficient (Wildman–Crippen LogP) is 2.71. The van der Waals surface area contributed by atoms with Crippen molar-refractivity contribution in [2.45, 2.75) is 0 Å². The Bertz CT molecular complexity index is 873. The number of esters is 1. The molecule has 0 spiro atoms. The summed E-state index contributed by atoms with van der Waals surface area (Å²) in [7, 11) is 1.48. The Hall–Kier alpha value is -3.56. The quantitative estimate of drug-likeness (QED) is 0.463. The topological polar surface area (TPSA) is 111 Å². The van der Waals surface area contributed by atoms with Crippen molar-refractivity contribution in [2.75, 3.05) is 24.3 Å². The Morgan fingerprint density at radius 2 is 1.88 bits per heavy atom. The zero-order valence-electron chi connectivity index (χ0n) is 13.4. The second-order valence-electron chi connectivity index (χ2n) is 4.99. The van der Waals surface area contributed by atoms with E-state index in [0.29, 0.717) is 0 Å². The molecule has 136 valence electrons. The summed E-state index contributed by atoms with van der Waals surface area (Å²) < 4.78 is 31.2. The average molecular weight is 365 g/mol. The Kier molecular flexibility index (Phi) is 5.78. The van der Waals surface area contributed by atoms with E-state index < -0.39 is 40.7 Å². The number of carbonyl (C=O) groups is 2. The number of carbonyl (C=O) groups excluding carboxylic acids is 2. The van der Waals surface area contributed by atoms with E-state index in [9.17, 15) is 28.5 Å². The number of amides is 1. The van der Waals surface area contributed by atoms with Gasteiger partial charge in [-0.15, -0.1) is 0 Å². The van der Waals surface area contributed by atoms with Crippen LogP contribution in [-0.4, -0.2) is 30.5 Å². The molecule has 2 aromatic rings. The molecule has 10 heteroatoms. The van der Waals surface area contributed by atoms with Gasteiger partial charge in [-0.05, 0) is 24.3 Å². The van der Waals surface area contributed by atoms with E-state index in [2.05, 4.69) is 10.6 Å².